The molecule has 27 heavy (non-hydrogen) atoms. The molecule has 0 unspecified atom stereocenters. The zero-order valence-corrected chi connectivity index (χ0v) is 16.9. The number of nitrogens with zero attached hydrogens (tertiary/aromatic N) is 1. The van der Waals surface area contributed by atoms with E-state index in [1.165, 1.54) is 0 Å². The molecule has 0 fully saturated rings. The molecule has 0 aliphatic heterocycles. The van der Waals surface area contributed by atoms with Gasteiger partial charge in [-0.2, -0.15) is 5.10 Å². The van der Waals surface area contributed by atoms with Crippen molar-refractivity contribution in [2.75, 3.05) is 6.61 Å². The molecule has 6 heteroatoms. The highest BCUT2D eigenvalue weighted by molar-refractivity contribution is 6.35. The Balaban J connectivity index is 1.80. The van der Waals surface area contributed by atoms with Crippen molar-refractivity contribution >= 4 is 34.8 Å². The highest BCUT2D eigenvalue weighted by atomic mass is 35.5. The summed E-state index contributed by atoms with van der Waals surface area (Å²) in [6, 6.07) is 15.0. The first-order valence-corrected chi connectivity index (χ1v) is 9.84. The van der Waals surface area contributed by atoms with Gasteiger partial charge < -0.3 is 4.74 Å². The van der Waals surface area contributed by atoms with Crippen molar-refractivity contribution in [1.29, 1.82) is 0 Å². The lowest BCUT2D eigenvalue weighted by Crippen LogP contribution is -2.20. The third-order valence-corrected chi connectivity index (χ3v) is 4.42. The van der Waals surface area contributed by atoms with E-state index in [2.05, 4.69) is 17.5 Å². The van der Waals surface area contributed by atoms with Crippen LogP contribution in [0.5, 0.6) is 5.75 Å². The maximum Gasteiger partial charge on any atom is 0.240 e. The fraction of sp³-hybridized carbons (Fsp3) is 0.333. The summed E-state index contributed by atoms with van der Waals surface area (Å²) in [6.45, 7) is 2.52. The number of carbonyl (C=O) groups is 1. The average Bonchev–Trinajstić information content (AvgIpc) is 2.67. The van der Waals surface area contributed by atoms with Crippen LogP contribution in [0, 0.1) is 0 Å². The Morgan fingerprint density at radius 1 is 1.07 bits per heavy atom. The van der Waals surface area contributed by atoms with Crippen LogP contribution in [-0.2, 0) is 4.79 Å². The summed E-state index contributed by atoms with van der Waals surface area (Å²) in [5.74, 6) is 0.427. The van der Waals surface area contributed by atoms with Crippen molar-refractivity contribution < 1.29 is 9.53 Å². The van der Waals surface area contributed by atoms with E-state index < -0.39 is 0 Å². The topological polar surface area (TPSA) is 50.7 Å². The van der Waals surface area contributed by atoms with E-state index in [1.54, 1.807) is 18.2 Å². The minimum Gasteiger partial charge on any atom is -0.492 e. The Hall–Kier alpha value is -2.04. The van der Waals surface area contributed by atoms with Crippen molar-refractivity contribution in [2.24, 2.45) is 5.10 Å². The SMILES string of the molecule is CCCC/C(=N\NC(=O)CCCOc1ccc(Cl)cc1Cl)c1ccccc1. The third-order valence-electron chi connectivity index (χ3n) is 3.89. The number of amides is 1. The first-order valence-electron chi connectivity index (χ1n) is 9.09. The predicted octanol–water partition coefficient (Wildman–Crippen LogP) is 5.86. The second kappa shape index (κ2) is 11.6. The number of unbranched alkanes of at least 4 members (excludes halogenated alkanes) is 1. The van der Waals surface area contributed by atoms with E-state index >= 15 is 0 Å². The molecule has 2 rings (SSSR count). The summed E-state index contributed by atoms with van der Waals surface area (Å²) >= 11 is 11.9. The Morgan fingerprint density at radius 2 is 1.85 bits per heavy atom. The number of nitrogens with one attached hydrogen (secondary N) is 1. The monoisotopic (exact) mass is 406 g/mol. The van der Waals surface area contributed by atoms with Crippen LogP contribution >= 0.6 is 23.2 Å². The van der Waals surface area contributed by atoms with Crippen LogP contribution in [0.15, 0.2) is 53.6 Å². The molecule has 0 saturated heterocycles. The number of hydrogen-bond donors (Lipinski definition) is 1. The van der Waals surface area contributed by atoms with Crippen LogP contribution in [0.1, 0.15) is 44.6 Å². The molecule has 0 heterocycles. The van der Waals surface area contributed by atoms with E-state index in [-0.39, 0.29) is 5.91 Å². The zero-order valence-electron chi connectivity index (χ0n) is 15.4. The summed E-state index contributed by atoms with van der Waals surface area (Å²) in [5, 5.41) is 5.35. The van der Waals surface area contributed by atoms with Gasteiger partial charge in [-0.1, -0.05) is 66.9 Å². The lowest BCUT2D eigenvalue weighted by Gasteiger charge is -2.09. The van der Waals surface area contributed by atoms with Crippen molar-refractivity contribution in [2.45, 2.75) is 39.0 Å². The molecule has 1 N–H and O–H groups in total. The van der Waals surface area contributed by atoms with Crippen LogP contribution in [0.2, 0.25) is 10.0 Å². The van der Waals surface area contributed by atoms with Crippen LogP contribution in [0.25, 0.3) is 0 Å². The number of carbonyl (C=O) groups excluding carboxylic acids is 1. The molecule has 0 bridgehead atoms. The number of hydrazone groups is 1. The van der Waals surface area contributed by atoms with E-state index in [4.69, 9.17) is 27.9 Å². The molecule has 1 amide bonds. The normalized spacial score (nSPS) is 11.3. The summed E-state index contributed by atoms with van der Waals surface area (Å²) in [4.78, 5) is 12.1. The molecule has 0 saturated carbocycles. The lowest BCUT2D eigenvalue weighted by molar-refractivity contribution is -0.121. The van der Waals surface area contributed by atoms with Gasteiger partial charge in [0.25, 0.3) is 0 Å². The smallest absolute Gasteiger partial charge is 0.240 e. The molecular weight excluding hydrogens is 383 g/mol. The van der Waals surface area contributed by atoms with Crippen molar-refractivity contribution in [3.63, 3.8) is 0 Å². The van der Waals surface area contributed by atoms with Crippen LogP contribution in [-0.4, -0.2) is 18.2 Å². The second-order valence-corrected chi connectivity index (χ2v) is 6.93. The largest absolute Gasteiger partial charge is 0.492 e. The van der Waals surface area contributed by atoms with E-state index in [9.17, 15) is 4.79 Å². The highest BCUT2D eigenvalue weighted by Crippen LogP contribution is 2.27. The summed E-state index contributed by atoms with van der Waals surface area (Å²) in [5.41, 5.74) is 4.59. The highest BCUT2D eigenvalue weighted by Gasteiger charge is 2.06. The molecule has 0 radical (unpaired) electrons. The Kier molecular flexibility index (Phi) is 9.16. The molecule has 0 aliphatic carbocycles. The first-order chi connectivity index (χ1) is 13.1. The van der Waals surface area contributed by atoms with Gasteiger partial charge in [-0.15, -0.1) is 0 Å². The van der Waals surface area contributed by atoms with Gasteiger partial charge in [-0.3, -0.25) is 4.79 Å². The van der Waals surface area contributed by atoms with Gasteiger partial charge in [0.2, 0.25) is 5.91 Å². The van der Waals surface area contributed by atoms with Crippen molar-refractivity contribution in [3.8, 4) is 5.75 Å². The van der Waals surface area contributed by atoms with Gasteiger partial charge in [0.05, 0.1) is 17.3 Å². The number of rotatable bonds is 10. The fourth-order valence-electron chi connectivity index (χ4n) is 2.43. The van der Waals surface area contributed by atoms with Crippen LogP contribution < -0.4 is 10.2 Å². The molecule has 144 valence electrons. The quantitative estimate of drug-likeness (QED) is 0.305. The maximum atomic E-state index is 12.1. The van der Waals surface area contributed by atoms with E-state index in [1.807, 2.05) is 30.3 Å². The summed E-state index contributed by atoms with van der Waals surface area (Å²) in [6.07, 6.45) is 3.82. The lowest BCUT2D eigenvalue weighted by atomic mass is 10.1. The number of halogens is 2. The van der Waals surface area contributed by atoms with Gasteiger partial charge in [0.15, 0.2) is 0 Å². The predicted molar refractivity (Wildman–Crippen MR) is 112 cm³/mol. The Bertz CT molecular complexity index is 764. The molecular formula is C21H24Cl2N2O2. The third kappa shape index (κ3) is 7.61. The van der Waals surface area contributed by atoms with Gasteiger partial charge in [0, 0.05) is 11.4 Å². The average molecular weight is 407 g/mol. The molecule has 2 aromatic carbocycles. The number of hydrogen-bond acceptors (Lipinski definition) is 3. The standard InChI is InChI=1S/C21H24Cl2N2O2/c1-2-3-10-19(16-8-5-4-6-9-16)24-25-21(26)11-7-14-27-20-13-12-17(22)15-18(20)23/h4-6,8-9,12-13,15H,2-3,7,10-11,14H2,1H3,(H,25,26)/b24-19+. The van der Waals surface area contributed by atoms with E-state index in [0.29, 0.717) is 35.2 Å². The van der Waals surface area contributed by atoms with Gasteiger partial charge in [-0.25, -0.2) is 5.43 Å². The Labute approximate surface area is 170 Å². The van der Waals surface area contributed by atoms with E-state index in [0.717, 1.165) is 30.5 Å². The van der Waals surface area contributed by atoms with Crippen LogP contribution in [0.3, 0.4) is 0 Å². The number of benzene rings is 2. The minimum atomic E-state index is -0.134. The van der Waals surface area contributed by atoms with Crippen LogP contribution in [0.4, 0.5) is 0 Å². The van der Waals surface area contributed by atoms with Gasteiger partial charge >= 0.3 is 0 Å². The van der Waals surface area contributed by atoms with Gasteiger partial charge in [0.1, 0.15) is 5.75 Å². The molecule has 0 aliphatic rings. The summed E-state index contributed by atoms with van der Waals surface area (Å²) < 4.78 is 5.58. The molecule has 0 spiro atoms. The van der Waals surface area contributed by atoms with Gasteiger partial charge in [-0.05, 0) is 43.0 Å². The molecule has 2 aromatic rings. The van der Waals surface area contributed by atoms with Crippen molar-refractivity contribution in [3.05, 3.63) is 64.1 Å². The summed E-state index contributed by atoms with van der Waals surface area (Å²) in [7, 11) is 0. The fourth-order valence-corrected chi connectivity index (χ4v) is 2.90. The number of ether oxygens (including phenoxy) is 1. The molecule has 0 atom stereocenters. The molecule has 0 aromatic heterocycles. The second-order valence-electron chi connectivity index (χ2n) is 6.09. The Morgan fingerprint density at radius 3 is 2.56 bits per heavy atom. The maximum absolute atomic E-state index is 12.1. The zero-order chi connectivity index (χ0) is 19.5. The van der Waals surface area contributed by atoms with Crippen molar-refractivity contribution in [1.82, 2.24) is 5.43 Å². The molecule has 4 nitrogen and oxygen atoms in total. The first kappa shape index (κ1) is 21.3. The minimum absolute atomic E-state index is 0.134.